The zero-order valence-corrected chi connectivity index (χ0v) is 10.9. The third kappa shape index (κ3) is 2.82. The average Bonchev–Trinajstić information content (AvgIpc) is 3.16. The van der Waals surface area contributed by atoms with Gasteiger partial charge in [0.25, 0.3) is 0 Å². The van der Waals surface area contributed by atoms with E-state index in [0.717, 1.165) is 19.4 Å². The molecule has 0 spiro atoms. The van der Waals surface area contributed by atoms with Crippen molar-refractivity contribution in [2.75, 3.05) is 20.3 Å². The SMILES string of the molecule is COc1ccc(C(C)NCC2(CO)CC2)c(F)c1. The van der Waals surface area contributed by atoms with E-state index in [2.05, 4.69) is 5.32 Å². The molecule has 3 nitrogen and oxygen atoms in total. The molecule has 1 atom stereocenters. The molecule has 0 heterocycles. The standard InChI is InChI=1S/C14H20FNO2/c1-10(16-8-14(9-17)5-6-14)12-4-3-11(18-2)7-13(12)15/h3-4,7,10,16-17H,5-6,8-9H2,1-2H3. The summed E-state index contributed by atoms with van der Waals surface area (Å²) in [5.41, 5.74) is 0.668. The first-order valence-corrected chi connectivity index (χ1v) is 6.28. The van der Waals surface area contributed by atoms with Gasteiger partial charge in [-0.05, 0) is 25.8 Å². The van der Waals surface area contributed by atoms with Gasteiger partial charge in [-0.1, -0.05) is 6.07 Å². The van der Waals surface area contributed by atoms with Gasteiger partial charge in [0.15, 0.2) is 0 Å². The maximum atomic E-state index is 13.8. The molecular formula is C14H20FNO2. The van der Waals surface area contributed by atoms with Crippen molar-refractivity contribution < 1.29 is 14.2 Å². The number of ether oxygens (including phenoxy) is 1. The van der Waals surface area contributed by atoms with Gasteiger partial charge in [-0.3, -0.25) is 0 Å². The first-order valence-electron chi connectivity index (χ1n) is 6.28. The number of rotatable bonds is 6. The van der Waals surface area contributed by atoms with Crippen molar-refractivity contribution in [1.29, 1.82) is 0 Å². The van der Waals surface area contributed by atoms with Crippen LogP contribution >= 0.6 is 0 Å². The largest absolute Gasteiger partial charge is 0.497 e. The molecule has 0 aromatic heterocycles. The normalized spacial score (nSPS) is 18.4. The monoisotopic (exact) mass is 253 g/mol. The Balaban J connectivity index is 1.98. The second-order valence-corrected chi connectivity index (χ2v) is 5.15. The minimum atomic E-state index is -0.261. The van der Waals surface area contributed by atoms with Crippen LogP contribution in [-0.2, 0) is 0 Å². The molecule has 4 heteroatoms. The summed E-state index contributed by atoms with van der Waals surface area (Å²) in [4.78, 5) is 0. The molecule has 1 saturated carbocycles. The van der Waals surface area contributed by atoms with Crippen molar-refractivity contribution in [1.82, 2.24) is 5.32 Å². The van der Waals surface area contributed by atoms with E-state index >= 15 is 0 Å². The van der Waals surface area contributed by atoms with Crippen molar-refractivity contribution in [3.63, 3.8) is 0 Å². The summed E-state index contributed by atoms with van der Waals surface area (Å²) in [5.74, 6) is 0.265. The van der Waals surface area contributed by atoms with Crippen molar-refractivity contribution in [2.24, 2.45) is 5.41 Å². The Kier molecular flexibility index (Phi) is 3.88. The second-order valence-electron chi connectivity index (χ2n) is 5.15. The van der Waals surface area contributed by atoms with Crippen LogP contribution in [0.3, 0.4) is 0 Å². The van der Waals surface area contributed by atoms with E-state index in [1.807, 2.05) is 6.92 Å². The molecule has 0 saturated heterocycles. The van der Waals surface area contributed by atoms with Gasteiger partial charge in [0.1, 0.15) is 11.6 Å². The molecular weight excluding hydrogens is 233 g/mol. The van der Waals surface area contributed by atoms with E-state index in [1.54, 1.807) is 12.1 Å². The molecule has 18 heavy (non-hydrogen) atoms. The Morgan fingerprint density at radius 3 is 2.72 bits per heavy atom. The zero-order valence-electron chi connectivity index (χ0n) is 10.9. The highest BCUT2D eigenvalue weighted by molar-refractivity contribution is 5.30. The quantitative estimate of drug-likeness (QED) is 0.817. The van der Waals surface area contributed by atoms with E-state index in [1.165, 1.54) is 13.2 Å². The van der Waals surface area contributed by atoms with Gasteiger partial charge < -0.3 is 15.2 Å². The molecule has 1 aromatic rings. The van der Waals surface area contributed by atoms with Crippen molar-refractivity contribution in [3.05, 3.63) is 29.6 Å². The van der Waals surface area contributed by atoms with E-state index in [-0.39, 0.29) is 23.9 Å². The lowest BCUT2D eigenvalue weighted by Gasteiger charge is -2.19. The number of halogens is 1. The lowest BCUT2D eigenvalue weighted by atomic mass is 10.0. The van der Waals surface area contributed by atoms with Gasteiger partial charge >= 0.3 is 0 Å². The summed E-state index contributed by atoms with van der Waals surface area (Å²) in [6.07, 6.45) is 2.10. The summed E-state index contributed by atoms with van der Waals surface area (Å²) < 4.78 is 18.8. The molecule has 0 aliphatic heterocycles. The molecule has 2 N–H and O–H groups in total. The Hall–Kier alpha value is -1.13. The van der Waals surface area contributed by atoms with Crippen LogP contribution in [-0.4, -0.2) is 25.4 Å². The number of methoxy groups -OCH3 is 1. The van der Waals surface area contributed by atoms with Crippen LogP contribution < -0.4 is 10.1 Å². The maximum absolute atomic E-state index is 13.8. The van der Waals surface area contributed by atoms with E-state index in [4.69, 9.17) is 4.74 Å². The minimum Gasteiger partial charge on any atom is -0.497 e. The number of hydrogen-bond donors (Lipinski definition) is 2. The first kappa shape index (κ1) is 13.3. The van der Waals surface area contributed by atoms with E-state index in [0.29, 0.717) is 11.3 Å². The topological polar surface area (TPSA) is 41.5 Å². The van der Waals surface area contributed by atoms with Gasteiger partial charge in [0.05, 0.1) is 7.11 Å². The molecule has 1 fully saturated rings. The number of aliphatic hydroxyl groups is 1. The zero-order chi connectivity index (χ0) is 13.2. The van der Waals surface area contributed by atoms with Crippen molar-refractivity contribution in [3.8, 4) is 5.75 Å². The Morgan fingerprint density at radius 2 is 2.22 bits per heavy atom. The first-order chi connectivity index (χ1) is 8.60. The van der Waals surface area contributed by atoms with Gasteiger partial charge in [-0.15, -0.1) is 0 Å². The predicted octanol–water partition coefficient (Wildman–Crippen LogP) is 2.26. The van der Waals surface area contributed by atoms with E-state index < -0.39 is 0 Å². The van der Waals surface area contributed by atoms with Crippen molar-refractivity contribution in [2.45, 2.75) is 25.8 Å². The molecule has 1 aliphatic carbocycles. The lowest BCUT2D eigenvalue weighted by Crippen LogP contribution is -2.29. The summed E-state index contributed by atoms with van der Waals surface area (Å²) in [5, 5.41) is 12.5. The molecule has 1 unspecified atom stereocenters. The highest BCUT2D eigenvalue weighted by atomic mass is 19.1. The molecule has 1 aliphatic rings. The van der Waals surface area contributed by atoms with Crippen molar-refractivity contribution >= 4 is 0 Å². The highest BCUT2D eigenvalue weighted by Crippen LogP contribution is 2.44. The fraction of sp³-hybridized carbons (Fsp3) is 0.571. The van der Waals surface area contributed by atoms with E-state index in [9.17, 15) is 9.50 Å². The number of aliphatic hydroxyl groups excluding tert-OH is 1. The lowest BCUT2D eigenvalue weighted by molar-refractivity contribution is 0.204. The minimum absolute atomic E-state index is 0.0389. The molecule has 0 amide bonds. The van der Waals surface area contributed by atoms with Gasteiger partial charge in [-0.2, -0.15) is 0 Å². The van der Waals surface area contributed by atoms with Crippen LogP contribution in [0.5, 0.6) is 5.75 Å². The Labute approximate surface area is 107 Å². The summed E-state index contributed by atoms with van der Waals surface area (Å²) in [6, 6.07) is 4.83. The Bertz CT molecular complexity index is 418. The molecule has 0 bridgehead atoms. The highest BCUT2D eigenvalue weighted by Gasteiger charge is 2.41. The summed E-state index contributed by atoms with van der Waals surface area (Å²) >= 11 is 0. The smallest absolute Gasteiger partial charge is 0.131 e. The number of benzene rings is 1. The maximum Gasteiger partial charge on any atom is 0.131 e. The van der Waals surface area contributed by atoms with Crippen LogP contribution in [0.25, 0.3) is 0 Å². The van der Waals surface area contributed by atoms with Crippen LogP contribution in [0.1, 0.15) is 31.4 Å². The molecule has 0 radical (unpaired) electrons. The van der Waals surface area contributed by atoms with Crippen LogP contribution in [0.15, 0.2) is 18.2 Å². The third-order valence-electron chi connectivity index (χ3n) is 3.75. The number of hydrogen-bond acceptors (Lipinski definition) is 3. The second kappa shape index (κ2) is 5.24. The molecule has 1 aromatic carbocycles. The predicted molar refractivity (Wildman–Crippen MR) is 68.1 cm³/mol. The fourth-order valence-corrected chi connectivity index (χ4v) is 2.03. The Morgan fingerprint density at radius 1 is 1.50 bits per heavy atom. The molecule has 100 valence electrons. The number of nitrogens with one attached hydrogen (secondary N) is 1. The summed E-state index contributed by atoms with van der Waals surface area (Å²) in [6.45, 7) is 2.87. The van der Waals surface area contributed by atoms with Crippen LogP contribution in [0.2, 0.25) is 0 Å². The van der Waals surface area contributed by atoms with Gasteiger partial charge in [0, 0.05) is 36.2 Å². The van der Waals surface area contributed by atoms with Gasteiger partial charge in [-0.25, -0.2) is 4.39 Å². The van der Waals surface area contributed by atoms with Gasteiger partial charge in [0.2, 0.25) is 0 Å². The fourth-order valence-electron chi connectivity index (χ4n) is 2.03. The van der Waals surface area contributed by atoms with Crippen LogP contribution in [0.4, 0.5) is 4.39 Å². The third-order valence-corrected chi connectivity index (χ3v) is 3.75. The van der Waals surface area contributed by atoms with Crippen LogP contribution in [0, 0.1) is 11.2 Å². The average molecular weight is 253 g/mol. The molecule has 2 rings (SSSR count). The summed E-state index contributed by atoms with van der Waals surface area (Å²) in [7, 11) is 1.52.